The van der Waals surface area contributed by atoms with Crippen LogP contribution in [0.2, 0.25) is 0 Å². The molecular weight excluding hydrogens is 477 g/mol. The molecule has 0 saturated carbocycles. The maximum atomic E-state index is 13.9. The van der Waals surface area contributed by atoms with Crippen LogP contribution in [0.4, 0.5) is 30.4 Å². The summed E-state index contributed by atoms with van der Waals surface area (Å²) in [7, 11) is 0. The van der Waals surface area contributed by atoms with Crippen LogP contribution in [-0.4, -0.2) is 32.9 Å². The van der Waals surface area contributed by atoms with Gasteiger partial charge in [-0.1, -0.05) is 17.9 Å². The summed E-state index contributed by atoms with van der Waals surface area (Å²) in [5.41, 5.74) is 9.04. The smallest absolute Gasteiger partial charge is 0.382 e. The van der Waals surface area contributed by atoms with E-state index in [0.29, 0.717) is 46.1 Å². The molecule has 1 aliphatic rings. The third-order valence-corrected chi connectivity index (χ3v) is 6.39. The van der Waals surface area contributed by atoms with Crippen molar-refractivity contribution in [2.75, 3.05) is 24.1 Å². The summed E-state index contributed by atoms with van der Waals surface area (Å²) in [6, 6.07) is 9.83. The maximum Gasteiger partial charge on any atom is 0.416 e. The van der Waals surface area contributed by atoms with Crippen molar-refractivity contribution in [1.82, 2.24) is 19.9 Å². The lowest BCUT2D eigenvalue weighted by molar-refractivity contribution is -0.138. The Labute approximate surface area is 212 Å². The lowest BCUT2D eigenvalue weighted by atomic mass is 10.0. The molecule has 37 heavy (non-hydrogen) atoms. The molecular formula is C28H25F3N6. The van der Waals surface area contributed by atoms with E-state index >= 15 is 0 Å². The number of aryl methyl sites for hydroxylation is 1. The standard InChI is InChI=1S/C28H25F3N6/c1-18-19(6-7-20-15-35-27(32)26-24(20)5-4-10-33-26)13-23(16-34-18)36-22-9-8-21(17-37-11-2-3-12-37)25(14-22)28(29,30)31/h4-5,8-10,13-16,36H,2-3,11-12,17H2,1H3,(H2,32,35). The zero-order valence-electron chi connectivity index (χ0n) is 20.2. The number of nitrogen functional groups attached to an aromatic ring is 1. The molecule has 0 amide bonds. The number of halogens is 3. The lowest BCUT2D eigenvalue weighted by Gasteiger charge is -2.20. The molecule has 1 aliphatic heterocycles. The molecule has 3 aromatic heterocycles. The molecule has 0 unspecified atom stereocenters. The van der Waals surface area contributed by atoms with Crippen LogP contribution in [0.25, 0.3) is 10.9 Å². The highest BCUT2D eigenvalue weighted by atomic mass is 19.4. The van der Waals surface area contributed by atoms with Crippen molar-refractivity contribution in [2.24, 2.45) is 0 Å². The van der Waals surface area contributed by atoms with Gasteiger partial charge in [0.15, 0.2) is 0 Å². The van der Waals surface area contributed by atoms with E-state index in [1.165, 1.54) is 0 Å². The number of hydrogen-bond acceptors (Lipinski definition) is 6. The molecule has 1 fully saturated rings. The molecule has 4 aromatic rings. The molecule has 4 heterocycles. The number of hydrogen-bond donors (Lipinski definition) is 2. The minimum absolute atomic E-state index is 0.285. The predicted molar refractivity (Wildman–Crippen MR) is 138 cm³/mol. The normalized spacial score (nSPS) is 13.9. The first-order valence-corrected chi connectivity index (χ1v) is 12.0. The Morgan fingerprint density at radius 3 is 2.54 bits per heavy atom. The van der Waals surface area contributed by atoms with Crippen LogP contribution in [0.3, 0.4) is 0 Å². The van der Waals surface area contributed by atoms with Gasteiger partial charge in [0, 0.05) is 35.6 Å². The molecule has 1 aromatic carbocycles. The number of anilines is 3. The topological polar surface area (TPSA) is 80.0 Å². The van der Waals surface area contributed by atoms with Crippen LogP contribution < -0.4 is 11.1 Å². The monoisotopic (exact) mass is 502 g/mol. The van der Waals surface area contributed by atoms with Gasteiger partial charge in [-0.2, -0.15) is 13.2 Å². The van der Waals surface area contributed by atoms with Crippen LogP contribution in [0, 0.1) is 18.8 Å². The molecule has 1 saturated heterocycles. The van der Waals surface area contributed by atoms with Crippen molar-refractivity contribution in [2.45, 2.75) is 32.5 Å². The molecule has 0 radical (unpaired) electrons. The number of nitrogens with two attached hydrogens (primary N) is 1. The largest absolute Gasteiger partial charge is 0.416 e. The zero-order valence-corrected chi connectivity index (χ0v) is 20.2. The van der Waals surface area contributed by atoms with Gasteiger partial charge in [-0.3, -0.25) is 14.9 Å². The Morgan fingerprint density at radius 2 is 1.76 bits per heavy atom. The highest BCUT2D eigenvalue weighted by molar-refractivity contribution is 5.91. The van der Waals surface area contributed by atoms with Gasteiger partial charge in [0.05, 0.1) is 28.7 Å². The summed E-state index contributed by atoms with van der Waals surface area (Å²) in [6.45, 7) is 3.78. The minimum Gasteiger partial charge on any atom is -0.382 e. The molecule has 0 spiro atoms. The molecule has 0 bridgehead atoms. The summed E-state index contributed by atoms with van der Waals surface area (Å²) < 4.78 is 41.6. The molecule has 3 N–H and O–H groups in total. The first-order valence-electron chi connectivity index (χ1n) is 12.0. The second-order valence-electron chi connectivity index (χ2n) is 9.04. The number of rotatable bonds is 4. The number of pyridine rings is 3. The fraction of sp³-hybridized carbons (Fsp3) is 0.250. The Hall–Kier alpha value is -4.16. The third kappa shape index (κ3) is 5.49. The number of likely N-dealkylation sites (tertiary alicyclic amines) is 1. The quantitative estimate of drug-likeness (QED) is 0.350. The van der Waals surface area contributed by atoms with E-state index in [4.69, 9.17) is 5.73 Å². The van der Waals surface area contributed by atoms with Gasteiger partial charge in [0.1, 0.15) is 11.3 Å². The SMILES string of the molecule is Cc1ncc(Nc2ccc(CN3CCCC3)c(C(F)(F)F)c2)cc1C#Cc1cnc(N)c2ncccc12. The first kappa shape index (κ1) is 24.5. The van der Waals surface area contributed by atoms with Crippen LogP contribution in [0.1, 0.15) is 40.8 Å². The van der Waals surface area contributed by atoms with Crippen LogP contribution in [0.5, 0.6) is 0 Å². The summed E-state index contributed by atoms with van der Waals surface area (Å²) in [6.07, 6.45) is 2.42. The van der Waals surface area contributed by atoms with Crippen molar-refractivity contribution >= 4 is 28.1 Å². The number of nitrogens with one attached hydrogen (secondary N) is 1. The number of benzene rings is 1. The van der Waals surface area contributed by atoms with E-state index < -0.39 is 11.7 Å². The molecule has 6 nitrogen and oxygen atoms in total. The van der Waals surface area contributed by atoms with Gasteiger partial charge >= 0.3 is 6.18 Å². The summed E-state index contributed by atoms with van der Waals surface area (Å²) in [4.78, 5) is 14.9. The Balaban J connectivity index is 1.42. The van der Waals surface area contributed by atoms with Crippen molar-refractivity contribution in [3.63, 3.8) is 0 Å². The average Bonchev–Trinajstić information content (AvgIpc) is 3.39. The Kier molecular flexibility index (Phi) is 6.68. The summed E-state index contributed by atoms with van der Waals surface area (Å²) >= 11 is 0. The van der Waals surface area contributed by atoms with Gasteiger partial charge in [-0.05, 0) is 68.8 Å². The van der Waals surface area contributed by atoms with Gasteiger partial charge in [0.25, 0.3) is 0 Å². The molecule has 0 aliphatic carbocycles. The predicted octanol–water partition coefficient (Wildman–Crippen LogP) is 5.67. The van der Waals surface area contributed by atoms with Crippen LogP contribution >= 0.6 is 0 Å². The van der Waals surface area contributed by atoms with E-state index in [1.807, 2.05) is 13.0 Å². The van der Waals surface area contributed by atoms with E-state index in [1.54, 1.807) is 42.9 Å². The Morgan fingerprint density at radius 1 is 0.973 bits per heavy atom. The second kappa shape index (κ2) is 10.1. The fourth-order valence-corrected chi connectivity index (χ4v) is 4.46. The maximum absolute atomic E-state index is 13.9. The van der Waals surface area contributed by atoms with E-state index in [0.717, 1.165) is 37.4 Å². The number of alkyl halides is 3. The second-order valence-corrected chi connectivity index (χ2v) is 9.04. The van der Waals surface area contributed by atoms with Gasteiger partial charge in [-0.15, -0.1) is 0 Å². The van der Waals surface area contributed by atoms with Crippen LogP contribution in [-0.2, 0) is 12.7 Å². The first-order chi connectivity index (χ1) is 17.8. The lowest BCUT2D eigenvalue weighted by Crippen LogP contribution is -2.21. The fourth-order valence-electron chi connectivity index (χ4n) is 4.46. The molecule has 0 atom stereocenters. The van der Waals surface area contributed by atoms with E-state index in [9.17, 15) is 13.2 Å². The highest BCUT2D eigenvalue weighted by Crippen LogP contribution is 2.35. The van der Waals surface area contributed by atoms with Crippen LogP contribution in [0.15, 0.2) is 55.0 Å². The van der Waals surface area contributed by atoms with Crippen molar-refractivity contribution < 1.29 is 13.2 Å². The van der Waals surface area contributed by atoms with Gasteiger partial charge in [-0.25, -0.2) is 4.98 Å². The number of aromatic nitrogens is 3. The van der Waals surface area contributed by atoms with Gasteiger partial charge in [0.2, 0.25) is 0 Å². The van der Waals surface area contributed by atoms with Crippen molar-refractivity contribution in [3.8, 4) is 11.8 Å². The van der Waals surface area contributed by atoms with Crippen molar-refractivity contribution in [1.29, 1.82) is 0 Å². The molecule has 188 valence electrons. The van der Waals surface area contributed by atoms with E-state index in [-0.39, 0.29) is 5.56 Å². The van der Waals surface area contributed by atoms with Gasteiger partial charge < -0.3 is 11.1 Å². The van der Waals surface area contributed by atoms with Crippen molar-refractivity contribution in [3.05, 3.63) is 82.9 Å². The minimum atomic E-state index is -4.44. The summed E-state index contributed by atoms with van der Waals surface area (Å²) in [5, 5.41) is 3.85. The number of nitrogens with zero attached hydrogens (tertiary/aromatic N) is 4. The summed E-state index contributed by atoms with van der Waals surface area (Å²) in [5.74, 6) is 6.54. The highest BCUT2D eigenvalue weighted by Gasteiger charge is 2.34. The zero-order chi connectivity index (χ0) is 26.0. The average molecular weight is 503 g/mol. The number of fused-ring (bicyclic) bond motifs is 1. The third-order valence-electron chi connectivity index (χ3n) is 6.39. The van der Waals surface area contributed by atoms with E-state index in [2.05, 4.69) is 37.0 Å². The molecule has 5 rings (SSSR count). The Bertz CT molecular complexity index is 1510. The molecule has 9 heteroatoms.